The molecule has 162 valence electrons. The summed E-state index contributed by atoms with van der Waals surface area (Å²) in [6, 6.07) is 11.9. The van der Waals surface area contributed by atoms with Crippen LogP contribution in [0.5, 0.6) is 11.5 Å². The molecule has 0 spiro atoms. The number of carbonyl (C=O) groups is 2. The van der Waals surface area contributed by atoms with Crippen LogP contribution in [-0.2, 0) is 16.1 Å². The summed E-state index contributed by atoms with van der Waals surface area (Å²) in [5, 5.41) is 3.37. The molecule has 6 nitrogen and oxygen atoms in total. The van der Waals surface area contributed by atoms with Gasteiger partial charge in [-0.25, -0.2) is 0 Å². The number of rotatable bonds is 10. The lowest BCUT2D eigenvalue weighted by molar-refractivity contribution is -0.142. The topological polar surface area (TPSA) is 67.9 Å². The predicted octanol–water partition coefficient (Wildman–Crippen LogP) is 4.43. The molecule has 0 saturated carbocycles. The van der Waals surface area contributed by atoms with Crippen LogP contribution in [0.15, 0.2) is 46.9 Å². The summed E-state index contributed by atoms with van der Waals surface area (Å²) in [5.41, 5.74) is 0.859. The van der Waals surface area contributed by atoms with Gasteiger partial charge in [0, 0.05) is 18.1 Å². The predicted molar refractivity (Wildman–Crippen MR) is 121 cm³/mol. The highest BCUT2D eigenvalue weighted by Crippen LogP contribution is 2.28. The third kappa shape index (κ3) is 6.64. The van der Waals surface area contributed by atoms with E-state index in [-0.39, 0.29) is 25.0 Å². The quantitative estimate of drug-likeness (QED) is 0.527. The second kappa shape index (κ2) is 11.8. The van der Waals surface area contributed by atoms with Crippen molar-refractivity contribution in [1.82, 2.24) is 10.2 Å². The summed E-state index contributed by atoms with van der Waals surface area (Å²) in [6.45, 7) is 4.27. The minimum absolute atomic E-state index is 0.191. The lowest BCUT2D eigenvalue weighted by atomic mass is 10.1. The van der Waals surface area contributed by atoms with E-state index >= 15 is 0 Å². The lowest BCUT2D eigenvalue weighted by Gasteiger charge is -2.30. The average Bonchev–Trinajstić information content (AvgIpc) is 2.73. The van der Waals surface area contributed by atoms with Crippen molar-refractivity contribution in [3.8, 4) is 11.5 Å². The van der Waals surface area contributed by atoms with Crippen molar-refractivity contribution in [1.29, 1.82) is 0 Å². The summed E-state index contributed by atoms with van der Waals surface area (Å²) in [7, 11) is 1.59. The first-order valence-corrected chi connectivity index (χ1v) is 10.8. The molecular weight excluding hydrogens is 472 g/mol. The summed E-state index contributed by atoms with van der Waals surface area (Å²) < 4.78 is 11.6. The van der Waals surface area contributed by atoms with E-state index in [1.807, 2.05) is 38.1 Å². The third-order valence-electron chi connectivity index (χ3n) is 4.47. The van der Waals surface area contributed by atoms with E-state index < -0.39 is 6.04 Å². The number of amides is 2. The van der Waals surface area contributed by atoms with E-state index in [1.54, 1.807) is 30.2 Å². The zero-order valence-electron chi connectivity index (χ0n) is 17.3. The number of likely N-dealkylation sites (N-methyl/N-ethyl adjacent to an activating group) is 1. The maximum atomic E-state index is 13.1. The van der Waals surface area contributed by atoms with Crippen molar-refractivity contribution in [2.75, 3.05) is 20.3 Å². The standard InChI is InChI=1S/C22H26BrClN2O4/c1-4-19(22(28)25-5-2)26(13-15-7-6-8-17(11-15)29-3)21(27)14-30-20-10-9-16(24)12-18(20)23/h6-12,19H,4-5,13-14H2,1-3H3,(H,25,28). The van der Waals surface area contributed by atoms with Gasteiger partial charge in [-0.05, 0) is 65.2 Å². The molecule has 2 amide bonds. The zero-order chi connectivity index (χ0) is 22.1. The summed E-state index contributed by atoms with van der Waals surface area (Å²) in [4.78, 5) is 27.3. The molecule has 0 aromatic heterocycles. The van der Waals surface area contributed by atoms with E-state index in [0.717, 1.165) is 5.56 Å². The Kier molecular flexibility index (Phi) is 9.46. The Labute approximate surface area is 190 Å². The lowest BCUT2D eigenvalue weighted by Crippen LogP contribution is -2.50. The molecule has 0 bridgehead atoms. The van der Waals surface area contributed by atoms with Crippen LogP contribution in [0.1, 0.15) is 25.8 Å². The van der Waals surface area contributed by atoms with Crippen LogP contribution >= 0.6 is 27.5 Å². The molecule has 30 heavy (non-hydrogen) atoms. The fourth-order valence-electron chi connectivity index (χ4n) is 2.99. The Morgan fingerprint density at radius 1 is 1.20 bits per heavy atom. The average molecular weight is 498 g/mol. The number of nitrogens with zero attached hydrogens (tertiary/aromatic N) is 1. The van der Waals surface area contributed by atoms with E-state index in [1.165, 1.54) is 0 Å². The van der Waals surface area contributed by atoms with E-state index in [2.05, 4.69) is 21.2 Å². The Bertz CT molecular complexity index is 878. The first-order valence-electron chi connectivity index (χ1n) is 9.67. The second-order valence-electron chi connectivity index (χ2n) is 6.56. The van der Waals surface area contributed by atoms with E-state index in [4.69, 9.17) is 21.1 Å². The van der Waals surface area contributed by atoms with Gasteiger partial charge in [-0.15, -0.1) is 0 Å². The van der Waals surface area contributed by atoms with Crippen LogP contribution in [0.25, 0.3) is 0 Å². The SMILES string of the molecule is CCNC(=O)C(CC)N(Cc1cccc(OC)c1)C(=O)COc1ccc(Cl)cc1Br. The molecule has 0 saturated heterocycles. The number of halogens is 2. The maximum Gasteiger partial charge on any atom is 0.261 e. The molecule has 0 aliphatic heterocycles. The van der Waals surface area contributed by atoms with Gasteiger partial charge in [0.1, 0.15) is 17.5 Å². The molecular formula is C22H26BrClN2O4. The van der Waals surface area contributed by atoms with Gasteiger partial charge in [0.15, 0.2) is 6.61 Å². The van der Waals surface area contributed by atoms with Crippen molar-refractivity contribution < 1.29 is 19.1 Å². The summed E-state index contributed by atoms with van der Waals surface area (Å²) in [6.07, 6.45) is 0.478. The molecule has 0 aliphatic carbocycles. The Morgan fingerprint density at radius 2 is 1.97 bits per heavy atom. The van der Waals surface area contributed by atoms with Gasteiger partial charge in [-0.2, -0.15) is 0 Å². The number of hydrogen-bond donors (Lipinski definition) is 1. The van der Waals surface area contributed by atoms with E-state index in [0.29, 0.717) is 34.0 Å². The largest absolute Gasteiger partial charge is 0.497 e. The van der Waals surface area contributed by atoms with Crippen LogP contribution in [0.2, 0.25) is 5.02 Å². The van der Waals surface area contributed by atoms with Crippen molar-refractivity contribution in [3.05, 3.63) is 57.5 Å². The van der Waals surface area contributed by atoms with Gasteiger partial charge in [0.2, 0.25) is 5.91 Å². The van der Waals surface area contributed by atoms with Crippen molar-refractivity contribution in [2.45, 2.75) is 32.9 Å². The van der Waals surface area contributed by atoms with Crippen LogP contribution in [0, 0.1) is 0 Å². The van der Waals surface area contributed by atoms with Crippen molar-refractivity contribution >= 4 is 39.3 Å². The fourth-order valence-corrected chi connectivity index (χ4v) is 3.79. The molecule has 1 N–H and O–H groups in total. The molecule has 0 fully saturated rings. The van der Waals surface area contributed by atoms with Crippen molar-refractivity contribution in [2.24, 2.45) is 0 Å². The Morgan fingerprint density at radius 3 is 2.60 bits per heavy atom. The van der Waals surface area contributed by atoms with Gasteiger partial charge < -0.3 is 19.7 Å². The molecule has 0 radical (unpaired) electrons. The molecule has 2 aromatic carbocycles. The highest BCUT2D eigenvalue weighted by molar-refractivity contribution is 9.10. The molecule has 0 heterocycles. The first-order chi connectivity index (χ1) is 14.4. The smallest absolute Gasteiger partial charge is 0.261 e. The number of ether oxygens (including phenoxy) is 2. The zero-order valence-corrected chi connectivity index (χ0v) is 19.6. The minimum Gasteiger partial charge on any atom is -0.497 e. The van der Waals surface area contributed by atoms with Gasteiger partial charge in [0.05, 0.1) is 11.6 Å². The van der Waals surface area contributed by atoms with Gasteiger partial charge in [0.25, 0.3) is 5.91 Å². The Balaban J connectivity index is 2.23. The molecule has 8 heteroatoms. The van der Waals surface area contributed by atoms with Crippen LogP contribution in [0.4, 0.5) is 0 Å². The van der Waals surface area contributed by atoms with Crippen LogP contribution in [0.3, 0.4) is 0 Å². The fraction of sp³-hybridized carbons (Fsp3) is 0.364. The van der Waals surface area contributed by atoms with E-state index in [9.17, 15) is 9.59 Å². The number of carbonyl (C=O) groups excluding carboxylic acids is 2. The van der Waals surface area contributed by atoms with Gasteiger partial charge >= 0.3 is 0 Å². The highest BCUT2D eigenvalue weighted by atomic mass is 79.9. The van der Waals surface area contributed by atoms with Crippen molar-refractivity contribution in [3.63, 3.8) is 0 Å². The third-order valence-corrected chi connectivity index (χ3v) is 5.32. The normalized spacial score (nSPS) is 11.5. The molecule has 1 unspecified atom stereocenters. The summed E-state index contributed by atoms with van der Waals surface area (Å²) in [5.74, 6) is 0.703. The van der Waals surface area contributed by atoms with Gasteiger partial charge in [-0.3, -0.25) is 9.59 Å². The molecule has 2 rings (SSSR count). The van der Waals surface area contributed by atoms with Crippen LogP contribution < -0.4 is 14.8 Å². The number of methoxy groups -OCH3 is 1. The summed E-state index contributed by atoms with van der Waals surface area (Å²) >= 11 is 9.33. The monoisotopic (exact) mass is 496 g/mol. The van der Waals surface area contributed by atoms with Gasteiger partial charge in [-0.1, -0.05) is 30.7 Å². The molecule has 2 aromatic rings. The maximum absolute atomic E-state index is 13.1. The van der Waals surface area contributed by atoms with Crippen LogP contribution in [-0.4, -0.2) is 43.0 Å². The second-order valence-corrected chi connectivity index (χ2v) is 7.85. The Hall–Kier alpha value is -2.25. The number of nitrogens with one attached hydrogen (secondary N) is 1. The molecule has 0 aliphatic rings. The first kappa shape index (κ1) is 24.0. The molecule has 1 atom stereocenters. The minimum atomic E-state index is -0.610. The number of hydrogen-bond acceptors (Lipinski definition) is 4. The number of benzene rings is 2. The highest BCUT2D eigenvalue weighted by Gasteiger charge is 2.28.